The fourth-order valence-electron chi connectivity index (χ4n) is 1.53. The van der Waals surface area contributed by atoms with E-state index in [0.29, 0.717) is 16.2 Å². The number of hydrogen-bond acceptors (Lipinski definition) is 2. The van der Waals surface area contributed by atoms with Gasteiger partial charge in [-0.15, -0.1) is 11.8 Å². The summed E-state index contributed by atoms with van der Waals surface area (Å²) in [5.74, 6) is -0.539. The van der Waals surface area contributed by atoms with Gasteiger partial charge in [-0.1, -0.05) is 24.3 Å². The summed E-state index contributed by atoms with van der Waals surface area (Å²) in [6.45, 7) is 0. The van der Waals surface area contributed by atoms with Gasteiger partial charge in [-0.3, -0.25) is 5.41 Å². The molecule has 0 fully saturated rings. The summed E-state index contributed by atoms with van der Waals surface area (Å²) in [6, 6.07) is 10.7. The molecule has 2 aromatic rings. The molecule has 0 unspecified atom stereocenters. The van der Waals surface area contributed by atoms with Crippen LogP contribution in [0.2, 0.25) is 0 Å². The van der Waals surface area contributed by atoms with Gasteiger partial charge in [0.1, 0.15) is 17.5 Å². The van der Waals surface area contributed by atoms with E-state index in [2.05, 4.69) is 0 Å². The van der Waals surface area contributed by atoms with Crippen LogP contribution in [0.4, 0.5) is 8.78 Å². The topological polar surface area (TPSA) is 49.9 Å². The quantitative estimate of drug-likeness (QED) is 0.510. The Kier molecular flexibility index (Phi) is 4.16. The Morgan fingerprint density at radius 2 is 1.79 bits per heavy atom. The Morgan fingerprint density at radius 3 is 2.37 bits per heavy atom. The van der Waals surface area contributed by atoms with Crippen molar-refractivity contribution in [3.63, 3.8) is 0 Å². The number of benzene rings is 2. The third-order valence-electron chi connectivity index (χ3n) is 2.55. The number of amidine groups is 1. The maximum atomic E-state index is 13.4. The normalized spacial score (nSPS) is 10.4. The molecule has 0 aliphatic rings. The second-order valence-corrected chi connectivity index (χ2v) is 4.99. The van der Waals surface area contributed by atoms with Crippen LogP contribution < -0.4 is 5.73 Å². The molecule has 0 heterocycles. The van der Waals surface area contributed by atoms with Crippen molar-refractivity contribution < 1.29 is 8.78 Å². The monoisotopic (exact) mass is 278 g/mol. The van der Waals surface area contributed by atoms with Gasteiger partial charge < -0.3 is 5.73 Å². The van der Waals surface area contributed by atoms with Gasteiger partial charge in [0.05, 0.1) is 0 Å². The van der Waals surface area contributed by atoms with Gasteiger partial charge in [0.15, 0.2) is 0 Å². The van der Waals surface area contributed by atoms with E-state index in [0.717, 1.165) is 11.6 Å². The van der Waals surface area contributed by atoms with Crippen LogP contribution >= 0.6 is 11.8 Å². The third kappa shape index (κ3) is 3.54. The SMILES string of the molecule is N=C(N)c1ccc(CSc2ccc(F)cc2F)cc1. The van der Waals surface area contributed by atoms with Gasteiger partial charge in [0.25, 0.3) is 0 Å². The number of nitrogens with one attached hydrogen (secondary N) is 1. The minimum Gasteiger partial charge on any atom is -0.384 e. The molecular formula is C14H12F2N2S. The lowest BCUT2D eigenvalue weighted by Crippen LogP contribution is -2.10. The van der Waals surface area contributed by atoms with E-state index in [1.807, 2.05) is 12.1 Å². The van der Waals surface area contributed by atoms with Crippen molar-refractivity contribution in [3.8, 4) is 0 Å². The number of rotatable bonds is 4. The lowest BCUT2D eigenvalue weighted by molar-refractivity contribution is 0.565. The van der Waals surface area contributed by atoms with Gasteiger partial charge >= 0.3 is 0 Å². The minimum absolute atomic E-state index is 0.0174. The molecule has 0 spiro atoms. The molecule has 19 heavy (non-hydrogen) atoms. The van der Waals surface area contributed by atoms with Gasteiger partial charge in [-0.05, 0) is 17.7 Å². The average Bonchev–Trinajstić information content (AvgIpc) is 2.38. The molecular weight excluding hydrogens is 266 g/mol. The molecule has 0 aliphatic carbocycles. The van der Waals surface area contributed by atoms with E-state index < -0.39 is 11.6 Å². The summed E-state index contributed by atoms with van der Waals surface area (Å²) in [7, 11) is 0. The first-order valence-electron chi connectivity index (χ1n) is 5.57. The highest BCUT2D eigenvalue weighted by atomic mass is 32.2. The van der Waals surface area contributed by atoms with Crippen molar-refractivity contribution >= 4 is 17.6 Å². The molecule has 0 bridgehead atoms. The van der Waals surface area contributed by atoms with Crippen LogP contribution in [0.1, 0.15) is 11.1 Å². The number of hydrogen-bond donors (Lipinski definition) is 2. The van der Waals surface area contributed by atoms with Crippen LogP contribution in [0.15, 0.2) is 47.4 Å². The van der Waals surface area contributed by atoms with Crippen LogP contribution in [-0.4, -0.2) is 5.84 Å². The fourth-order valence-corrected chi connectivity index (χ4v) is 2.41. The minimum atomic E-state index is -0.576. The zero-order valence-corrected chi connectivity index (χ0v) is 10.8. The molecule has 0 aromatic heterocycles. The van der Waals surface area contributed by atoms with Crippen molar-refractivity contribution in [2.45, 2.75) is 10.6 Å². The van der Waals surface area contributed by atoms with Crippen molar-refractivity contribution in [2.75, 3.05) is 0 Å². The number of nitrogen functional groups attached to an aromatic ring is 1. The van der Waals surface area contributed by atoms with E-state index in [1.165, 1.54) is 23.9 Å². The fraction of sp³-hybridized carbons (Fsp3) is 0.0714. The smallest absolute Gasteiger partial charge is 0.139 e. The first-order valence-corrected chi connectivity index (χ1v) is 6.56. The zero-order valence-electron chi connectivity index (χ0n) is 9.99. The molecule has 3 N–H and O–H groups in total. The summed E-state index contributed by atoms with van der Waals surface area (Å²) in [4.78, 5) is 0.414. The average molecular weight is 278 g/mol. The Hall–Kier alpha value is -1.88. The largest absolute Gasteiger partial charge is 0.384 e. The third-order valence-corrected chi connectivity index (χ3v) is 3.67. The number of halogens is 2. The van der Waals surface area contributed by atoms with Crippen molar-refractivity contribution in [3.05, 3.63) is 65.2 Å². The number of thioether (sulfide) groups is 1. The van der Waals surface area contributed by atoms with E-state index in [-0.39, 0.29) is 5.84 Å². The molecule has 0 aliphatic heterocycles. The Labute approximate surface area is 114 Å². The highest BCUT2D eigenvalue weighted by molar-refractivity contribution is 7.98. The summed E-state index contributed by atoms with van der Waals surface area (Å²) < 4.78 is 26.2. The van der Waals surface area contributed by atoms with E-state index >= 15 is 0 Å². The lowest BCUT2D eigenvalue weighted by Gasteiger charge is -2.05. The molecule has 0 amide bonds. The first-order chi connectivity index (χ1) is 9.06. The summed E-state index contributed by atoms with van der Waals surface area (Å²) in [6.07, 6.45) is 0. The second kappa shape index (κ2) is 5.84. The molecule has 2 rings (SSSR count). The summed E-state index contributed by atoms with van der Waals surface area (Å²) >= 11 is 1.30. The Balaban J connectivity index is 2.04. The molecule has 0 saturated heterocycles. The van der Waals surface area contributed by atoms with E-state index in [4.69, 9.17) is 11.1 Å². The first kappa shape index (κ1) is 13.5. The predicted octanol–water partition coefficient (Wildman–Crippen LogP) is 3.54. The van der Waals surface area contributed by atoms with Gasteiger partial charge in [0.2, 0.25) is 0 Å². The highest BCUT2D eigenvalue weighted by Crippen LogP contribution is 2.26. The van der Waals surface area contributed by atoms with Gasteiger partial charge in [-0.25, -0.2) is 8.78 Å². The van der Waals surface area contributed by atoms with Crippen LogP contribution in [0.25, 0.3) is 0 Å². The number of nitrogens with two attached hydrogens (primary N) is 1. The van der Waals surface area contributed by atoms with E-state index in [9.17, 15) is 8.78 Å². The van der Waals surface area contributed by atoms with Gasteiger partial charge in [-0.2, -0.15) is 0 Å². The molecule has 2 aromatic carbocycles. The molecule has 0 saturated carbocycles. The molecule has 0 atom stereocenters. The molecule has 98 valence electrons. The van der Waals surface area contributed by atoms with Crippen molar-refractivity contribution in [2.24, 2.45) is 5.73 Å². The molecule has 0 radical (unpaired) electrons. The lowest BCUT2D eigenvalue weighted by atomic mass is 10.1. The maximum absolute atomic E-state index is 13.4. The zero-order chi connectivity index (χ0) is 13.8. The molecule has 5 heteroatoms. The second-order valence-electron chi connectivity index (χ2n) is 3.97. The Morgan fingerprint density at radius 1 is 1.11 bits per heavy atom. The van der Waals surface area contributed by atoms with Gasteiger partial charge in [0, 0.05) is 22.3 Å². The highest BCUT2D eigenvalue weighted by Gasteiger charge is 2.05. The van der Waals surface area contributed by atoms with Crippen LogP contribution in [0.5, 0.6) is 0 Å². The van der Waals surface area contributed by atoms with Crippen LogP contribution in [-0.2, 0) is 5.75 Å². The van der Waals surface area contributed by atoms with Crippen LogP contribution in [0, 0.1) is 17.0 Å². The predicted molar refractivity (Wildman–Crippen MR) is 73.4 cm³/mol. The summed E-state index contributed by atoms with van der Waals surface area (Å²) in [5.41, 5.74) is 7.00. The maximum Gasteiger partial charge on any atom is 0.139 e. The molecule has 2 nitrogen and oxygen atoms in total. The van der Waals surface area contributed by atoms with Crippen molar-refractivity contribution in [1.82, 2.24) is 0 Å². The Bertz CT molecular complexity index is 597. The standard InChI is InChI=1S/C14H12F2N2S/c15-11-5-6-13(12(16)7-11)19-8-9-1-3-10(4-2-9)14(17)18/h1-7H,8H2,(H3,17,18). The van der Waals surface area contributed by atoms with E-state index in [1.54, 1.807) is 12.1 Å². The van der Waals surface area contributed by atoms with Crippen LogP contribution in [0.3, 0.4) is 0 Å². The van der Waals surface area contributed by atoms with Crippen molar-refractivity contribution in [1.29, 1.82) is 5.41 Å². The summed E-state index contributed by atoms with van der Waals surface area (Å²) in [5, 5.41) is 7.28.